The Morgan fingerprint density at radius 2 is 1.71 bits per heavy atom. The van der Waals surface area contributed by atoms with Crippen LogP contribution in [0.15, 0.2) is 0 Å². The van der Waals surface area contributed by atoms with Crippen LogP contribution in [0, 0.1) is 18.1 Å². The first-order chi connectivity index (χ1) is 6.04. The Balaban J connectivity index is -0.000000177. The van der Waals surface area contributed by atoms with E-state index < -0.39 is 0 Å². The van der Waals surface area contributed by atoms with E-state index >= 15 is 0 Å². The first-order valence-corrected chi connectivity index (χ1v) is 6.94. The van der Waals surface area contributed by atoms with Gasteiger partial charge in [-0.25, -0.2) is 0 Å². The number of hydrogen-bond acceptors (Lipinski definition) is 3. The van der Waals surface area contributed by atoms with Crippen molar-refractivity contribution in [3.05, 3.63) is 6.26 Å². The van der Waals surface area contributed by atoms with Crippen LogP contribution >= 0.6 is 21.6 Å². The van der Waals surface area contributed by atoms with Gasteiger partial charge in [0.1, 0.15) is 0 Å². The summed E-state index contributed by atoms with van der Waals surface area (Å²) in [5, 5.41) is 0. The summed E-state index contributed by atoms with van der Waals surface area (Å²) in [6.45, 7) is 8.09. The molecule has 0 aromatic rings. The van der Waals surface area contributed by atoms with Gasteiger partial charge in [0.15, 0.2) is 0 Å². The average molecular weight is 404 g/mol. The summed E-state index contributed by atoms with van der Waals surface area (Å²) in [6, 6.07) is 0. The molecule has 0 saturated carbocycles. The second-order valence-electron chi connectivity index (χ2n) is 3.39. The van der Waals surface area contributed by atoms with Crippen molar-refractivity contribution in [1.82, 2.24) is 0 Å². The Labute approximate surface area is 111 Å². The minimum absolute atomic E-state index is 0. The van der Waals surface area contributed by atoms with Crippen LogP contribution in [0.3, 0.4) is 0 Å². The third kappa shape index (κ3) is 29.2. The molecule has 0 aromatic heterocycles. The Hall–Kier alpha value is 1.06. The smallest absolute Gasteiger partial charge is 0.542 e. The summed E-state index contributed by atoms with van der Waals surface area (Å²) in [5.74, 6) is 2.16. The molecule has 0 bridgehead atoms. The molecule has 0 amide bonds. The van der Waals surface area contributed by atoms with Gasteiger partial charge in [-0.2, -0.15) is 0 Å². The molecule has 84 valence electrons. The van der Waals surface area contributed by atoms with Crippen molar-refractivity contribution in [2.24, 2.45) is 11.8 Å². The summed E-state index contributed by atoms with van der Waals surface area (Å²) < 4.78 is 0. The second kappa shape index (κ2) is 16.5. The molecule has 0 saturated heterocycles. The molecule has 0 radical (unpaired) electrons. The van der Waals surface area contributed by atoms with Crippen LogP contribution in [0.2, 0.25) is 0 Å². The number of carbonyl (C=O) groups excluding carboxylic acids is 1. The van der Waals surface area contributed by atoms with Crippen molar-refractivity contribution in [3.63, 3.8) is 0 Å². The quantitative estimate of drug-likeness (QED) is 0.393. The zero-order valence-electron chi connectivity index (χ0n) is 9.41. The van der Waals surface area contributed by atoms with Gasteiger partial charge >= 0.3 is 21.1 Å². The first-order valence-electron chi connectivity index (χ1n) is 4.45. The normalized spacial score (nSPS) is 9.07. The molecule has 0 aromatic carbocycles. The monoisotopic (exact) mass is 404 g/mol. The maximum atomic E-state index is 9.38. The van der Waals surface area contributed by atoms with E-state index in [0.717, 1.165) is 5.92 Å². The SMILES string of the molecule is CC(C)[C-]=O.[CH2-]SSCCC(C)C.[W+2]. The van der Waals surface area contributed by atoms with E-state index in [1.165, 1.54) is 12.2 Å². The van der Waals surface area contributed by atoms with Crippen LogP contribution in [0.25, 0.3) is 0 Å². The van der Waals surface area contributed by atoms with Crippen LogP contribution < -0.4 is 0 Å². The molecule has 0 aliphatic rings. The van der Waals surface area contributed by atoms with Crippen LogP contribution in [0.5, 0.6) is 0 Å². The molecule has 0 rings (SSSR count). The molecule has 1 nitrogen and oxygen atoms in total. The molecule has 0 spiro atoms. The summed E-state index contributed by atoms with van der Waals surface area (Å²) >= 11 is 0. The number of rotatable bonds is 5. The van der Waals surface area contributed by atoms with Gasteiger partial charge in [-0.3, -0.25) is 23.3 Å². The third-order valence-corrected chi connectivity index (χ3v) is 2.67. The van der Waals surface area contributed by atoms with Crippen molar-refractivity contribution in [1.29, 1.82) is 0 Å². The van der Waals surface area contributed by atoms with Gasteiger partial charge in [-0.15, -0.1) is 16.7 Å². The fourth-order valence-corrected chi connectivity index (χ4v) is 1.67. The van der Waals surface area contributed by atoms with Crippen molar-refractivity contribution >= 4 is 27.9 Å². The topological polar surface area (TPSA) is 17.1 Å². The van der Waals surface area contributed by atoms with Gasteiger partial charge in [-0.05, 0) is 12.3 Å². The molecular formula is C10H20OS2W. The van der Waals surface area contributed by atoms with E-state index in [1.54, 1.807) is 30.9 Å². The summed E-state index contributed by atoms with van der Waals surface area (Å²) in [6.07, 6.45) is 6.75. The maximum absolute atomic E-state index is 9.38. The summed E-state index contributed by atoms with van der Waals surface area (Å²) in [5.41, 5.74) is 0. The molecule has 4 heteroatoms. The standard InChI is InChI=1S/C6H13S2.C4H7O.W/c1-6(2)4-5-8-7-3;1-4(2)3-5;/h6H,3-5H2,1-2H3;4H,1-2H3;/q2*-1;+2. The van der Waals surface area contributed by atoms with Crippen molar-refractivity contribution in [3.8, 4) is 0 Å². The van der Waals surface area contributed by atoms with Crippen LogP contribution in [0.4, 0.5) is 0 Å². The molecule has 0 aliphatic carbocycles. The minimum Gasteiger partial charge on any atom is -0.542 e. The molecule has 0 heterocycles. The molecule has 0 aliphatic heterocycles. The van der Waals surface area contributed by atoms with E-state index in [4.69, 9.17) is 0 Å². The van der Waals surface area contributed by atoms with Crippen molar-refractivity contribution < 1.29 is 25.9 Å². The van der Waals surface area contributed by atoms with E-state index in [-0.39, 0.29) is 27.0 Å². The van der Waals surface area contributed by atoms with Crippen molar-refractivity contribution in [2.45, 2.75) is 34.1 Å². The summed E-state index contributed by atoms with van der Waals surface area (Å²) in [4.78, 5) is 9.38. The van der Waals surface area contributed by atoms with Gasteiger partial charge < -0.3 is 4.79 Å². The maximum Gasteiger partial charge on any atom is 2.00 e. The largest absolute Gasteiger partial charge is 2.00 e. The average Bonchev–Trinajstić information content (AvgIpc) is 2.05. The Kier molecular flexibility index (Phi) is 24.1. The van der Waals surface area contributed by atoms with Crippen molar-refractivity contribution in [2.75, 3.05) is 5.75 Å². The fraction of sp³-hybridized carbons (Fsp3) is 0.800. The molecule has 0 unspecified atom stereocenters. The predicted octanol–water partition coefficient (Wildman–Crippen LogP) is 3.96. The van der Waals surface area contributed by atoms with Crippen LogP contribution in [0.1, 0.15) is 34.1 Å². The molecule has 0 fully saturated rings. The predicted molar refractivity (Wildman–Crippen MR) is 65.4 cm³/mol. The molecule has 0 atom stereocenters. The van der Waals surface area contributed by atoms with E-state index in [2.05, 4.69) is 20.1 Å². The zero-order valence-corrected chi connectivity index (χ0v) is 14.0. The van der Waals surface area contributed by atoms with E-state index in [0.29, 0.717) is 0 Å². The molecule has 0 N–H and O–H groups in total. The van der Waals surface area contributed by atoms with Gasteiger partial charge in [0.25, 0.3) is 0 Å². The fourth-order valence-electron chi connectivity index (χ4n) is 0.343. The van der Waals surface area contributed by atoms with Crippen LogP contribution in [-0.4, -0.2) is 12.0 Å². The Bertz CT molecular complexity index is 108. The van der Waals surface area contributed by atoms with Gasteiger partial charge in [0, 0.05) is 5.75 Å². The Morgan fingerprint density at radius 1 is 1.29 bits per heavy atom. The van der Waals surface area contributed by atoms with Gasteiger partial charge in [-0.1, -0.05) is 27.7 Å². The minimum atomic E-state index is 0. The third-order valence-electron chi connectivity index (χ3n) is 1.10. The molecule has 14 heavy (non-hydrogen) atoms. The van der Waals surface area contributed by atoms with E-state index in [1.807, 2.05) is 10.8 Å². The van der Waals surface area contributed by atoms with Gasteiger partial charge in [0.2, 0.25) is 0 Å². The summed E-state index contributed by atoms with van der Waals surface area (Å²) in [7, 11) is 3.45. The second-order valence-corrected chi connectivity index (χ2v) is 5.69. The Morgan fingerprint density at radius 3 is 1.93 bits per heavy atom. The van der Waals surface area contributed by atoms with Gasteiger partial charge in [0.05, 0.1) is 0 Å². The first kappa shape index (κ1) is 20.5. The van der Waals surface area contributed by atoms with E-state index in [9.17, 15) is 4.79 Å². The zero-order chi connectivity index (χ0) is 10.7. The molecular weight excluding hydrogens is 384 g/mol. The van der Waals surface area contributed by atoms with Crippen LogP contribution in [-0.2, 0) is 25.9 Å². The number of hydrogen-bond donors (Lipinski definition) is 0.